The zero-order valence-corrected chi connectivity index (χ0v) is 12.1. The molecule has 6 nitrogen and oxygen atoms in total. The number of carbonyl (C=O) groups excluding carboxylic acids is 2. The number of likely N-dealkylation sites (N-methyl/N-ethyl adjacent to an activating group) is 1. The molecule has 1 rings (SSSR count). The van der Waals surface area contributed by atoms with E-state index in [-0.39, 0.29) is 0 Å². The second-order valence-electron chi connectivity index (χ2n) is 4.47. The maximum atomic E-state index is 11.6. The van der Waals surface area contributed by atoms with Crippen LogP contribution in [0.4, 0.5) is 5.69 Å². The maximum Gasteiger partial charge on any atom is 0.313 e. The van der Waals surface area contributed by atoms with Crippen LogP contribution in [0, 0.1) is 0 Å². The van der Waals surface area contributed by atoms with E-state index < -0.39 is 11.8 Å². The highest BCUT2D eigenvalue weighted by atomic mass is 16.5. The Hall–Kier alpha value is -2.08. The number of hydrogen-bond donors (Lipinski definition) is 2. The standard InChI is InChI=1S/C14H21N3O3/c1-4-20-12-7-5-11(6-8-12)16-14(19)13(18)15-9-10-17(2)3/h5-8H,4,9-10H2,1-3H3,(H,15,18)(H,16,19). The molecule has 0 radical (unpaired) electrons. The van der Waals surface area contributed by atoms with Gasteiger partial charge >= 0.3 is 11.8 Å². The van der Waals surface area contributed by atoms with Gasteiger partial charge in [0.2, 0.25) is 0 Å². The molecule has 2 amide bonds. The summed E-state index contributed by atoms with van der Waals surface area (Å²) in [6, 6.07) is 6.86. The van der Waals surface area contributed by atoms with Crippen LogP contribution in [-0.4, -0.2) is 50.5 Å². The van der Waals surface area contributed by atoms with Crippen molar-refractivity contribution in [1.29, 1.82) is 0 Å². The van der Waals surface area contributed by atoms with Crippen LogP contribution < -0.4 is 15.4 Å². The second-order valence-corrected chi connectivity index (χ2v) is 4.47. The fourth-order valence-corrected chi connectivity index (χ4v) is 1.46. The van der Waals surface area contributed by atoms with E-state index in [1.807, 2.05) is 25.9 Å². The SMILES string of the molecule is CCOc1ccc(NC(=O)C(=O)NCCN(C)C)cc1. The maximum absolute atomic E-state index is 11.6. The summed E-state index contributed by atoms with van der Waals surface area (Å²) in [5.41, 5.74) is 0.557. The van der Waals surface area contributed by atoms with Crippen molar-refractivity contribution in [3.05, 3.63) is 24.3 Å². The predicted octanol–water partition coefficient (Wildman–Crippen LogP) is 0.702. The molecule has 0 atom stereocenters. The van der Waals surface area contributed by atoms with Gasteiger partial charge in [-0.05, 0) is 45.3 Å². The zero-order valence-electron chi connectivity index (χ0n) is 12.1. The molecule has 0 unspecified atom stereocenters. The summed E-state index contributed by atoms with van der Waals surface area (Å²) in [7, 11) is 3.79. The zero-order chi connectivity index (χ0) is 15.0. The Morgan fingerprint density at radius 2 is 1.80 bits per heavy atom. The third kappa shape index (κ3) is 5.71. The molecule has 0 saturated carbocycles. The van der Waals surface area contributed by atoms with Crippen molar-refractivity contribution >= 4 is 17.5 Å². The first kappa shape index (κ1) is 16.0. The van der Waals surface area contributed by atoms with Crippen molar-refractivity contribution in [2.75, 3.05) is 39.1 Å². The molecular weight excluding hydrogens is 258 g/mol. The van der Waals surface area contributed by atoms with Crippen LogP contribution in [0.5, 0.6) is 5.75 Å². The number of carbonyl (C=O) groups is 2. The van der Waals surface area contributed by atoms with Gasteiger partial charge in [-0.15, -0.1) is 0 Å². The number of nitrogens with one attached hydrogen (secondary N) is 2. The molecule has 0 saturated heterocycles. The Bertz CT molecular complexity index is 443. The summed E-state index contributed by atoms with van der Waals surface area (Å²) in [6.07, 6.45) is 0. The number of anilines is 1. The lowest BCUT2D eigenvalue weighted by Gasteiger charge is -2.10. The monoisotopic (exact) mass is 279 g/mol. The molecule has 0 heterocycles. The Kier molecular flexibility index (Phi) is 6.52. The summed E-state index contributed by atoms with van der Waals surface area (Å²) >= 11 is 0. The van der Waals surface area contributed by atoms with E-state index in [0.717, 1.165) is 5.75 Å². The molecule has 6 heteroatoms. The Balaban J connectivity index is 2.42. The third-order valence-corrected chi connectivity index (χ3v) is 2.47. The number of hydrogen-bond acceptors (Lipinski definition) is 4. The molecule has 1 aromatic rings. The van der Waals surface area contributed by atoms with E-state index in [4.69, 9.17) is 4.74 Å². The molecule has 110 valence electrons. The molecule has 1 aromatic carbocycles. The van der Waals surface area contributed by atoms with Crippen molar-refractivity contribution < 1.29 is 14.3 Å². The lowest BCUT2D eigenvalue weighted by molar-refractivity contribution is -0.136. The van der Waals surface area contributed by atoms with Gasteiger partial charge in [0.25, 0.3) is 0 Å². The summed E-state index contributed by atoms with van der Waals surface area (Å²) in [4.78, 5) is 25.1. The van der Waals surface area contributed by atoms with Crippen molar-refractivity contribution in [2.24, 2.45) is 0 Å². The minimum Gasteiger partial charge on any atom is -0.494 e. The Labute approximate surface area is 119 Å². The van der Waals surface area contributed by atoms with Gasteiger partial charge < -0.3 is 20.3 Å². The van der Waals surface area contributed by atoms with Crippen LogP contribution in [0.1, 0.15) is 6.92 Å². The lowest BCUT2D eigenvalue weighted by Crippen LogP contribution is -2.38. The minimum atomic E-state index is -0.673. The van der Waals surface area contributed by atoms with Gasteiger partial charge in [0.05, 0.1) is 6.61 Å². The second kappa shape index (κ2) is 8.16. The molecule has 0 fully saturated rings. The third-order valence-electron chi connectivity index (χ3n) is 2.47. The summed E-state index contributed by atoms with van der Waals surface area (Å²) in [5, 5.41) is 5.08. The van der Waals surface area contributed by atoms with Crippen molar-refractivity contribution in [3.63, 3.8) is 0 Å². The number of benzene rings is 1. The molecule has 0 aliphatic rings. The minimum absolute atomic E-state index is 0.433. The smallest absolute Gasteiger partial charge is 0.313 e. The van der Waals surface area contributed by atoms with Gasteiger partial charge in [-0.25, -0.2) is 0 Å². The number of ether oxygens (including phenoxy) is 1. The largest absolute Gasteiger partial charge is 0.494 e. The van der Waals surface area contributed by atoms with E-state index in [0.29, 0.717) is 25.4 Å². The van der Waals surface area contributed by atoms with Crippen molar-refractivity contribution in [3.8, 4) is 5.75 Å². The summed E-state index contributed by atoms with van der Waals surface area (Å²) < 4.78 is 5.29. The van der Waals surface area contributed by atoms with Gasteiger partial charge in [-0.1, -0.05) is 0 Å². The van der Waals surface area contributed by atoms with Crippen LogP contribution in [-0.2, 0) is 9.59 Å². The molecule has 0 aliphatic carbocycles. The predicted molar refractivity (Wildman–Crippen MR) is 77.8 cm³/mol. The first-order valence-electron chi connectivity index (χ1n) is 6.49. The first-order chi connectivity index (χ1) is 9.52. The fourth-order valence-electron chi connectivity index (χ4n) is 1.46. The Morgan fingerprint density at radius 1 is 1.15 bits per heavy atom. The van der Waals surface area contributed by atoms with E-state index >= 15 is 0 Å². The van der Waals surface area contributed by atoms with Gasteiger partial charge in [0, 0.05) is 18.8 Å². The van der Waals surface area contributed by atoms with Gasteiger partial charge in [-0.3, -0.25) is 9.59 Å². The fraction of sp³-hybridized carbons (Fsp3) is 0.429. The molecule has 0 aliphatic heterocycles. The van der Waals surface area contributed by atoms with Gasteiger partial charge in [0.15, 0.2) is 0 Å². The highest BCUT2D eigenvalue weighted by Crippen LogP contribution is 2.15. The van der Waals surface area contributed by atoms with E-state index in [1.165, 1.54) is 0 Å². The van der Waals surface area contributed by atoms with E-state index in [9.17, 15) is 9.59 Å². The average Bonchev–Trinajstić information content (AvgIpc) is 2.40. The van der Waals surface area contributed by atoms with E-state index in [1.54, 1.807) is 24.3 Å². The van der Waals surface area contributed by atoms with Crippen LogP contribution in [0.2, 0.25) is 0 Å². The molecule has 0 bridgehead atoms. The highest BCUT2D eigenvalue weighted by Gasteiger charge is 2.12. The van der Waals surface area contributed by atoms with Crippen molar-refractivity contribution in [2.45, 2.75) is 6.92 Å². The number of rotatable bonds is 6. The molecule has 0 aromatic heterocycles. The van der Waals surface area contributed by atoms with Crippen LogP contribution >= 0.6 is 0 Å². The molecule has 20 heavy (non-hydrogen) atoms. The quantitative estimate of drug-likeness (QED) is 0.752. The molecule has 2 N–H and O–H groups in total. The molecular formula is C14H21N3O3. The van der Waals surface area contributed by atoms with Crippen LogP contribution in [0.15, 0.2) is 24.3 Å². The van der Waals surface area contributed by atoms with Gasteiger partial charge in [-0.2, -0.15) is 0 Å². The first-order valence-corrected chi connectivity index (χ1v) is 6.49. The number of nitrogens with zero attached hydrogens (tertiary/aromatic N) is 1. The summed E-state index contributed by atoms with van der Waals surface area (Å²) in [5.74, 6) is -0.588. The van der Waals surface area contributed by atoms with E-state index in [2.05, 4.69) is 10.6 Å². The lowest BCUT2D eigenvalue weighted by atomic mass is 10.3. The van der Waals surface area contributed by atoms with Gasteiger partial charge in [0.1, 0.15) is 5.75 Å². The van der Waals surface area contributed by atoms with Crippen molar-refractivity contribution in [1.82, 2.24) is 10.2 Å². The highest BCUT2D eigenvalue weighted by molar-refractivity contribution is 6.39. The molecule has 0 spiro atoms. The Morgan fingerprint density at radius 3 is 2.35 bits per heavy atom. The average molecular weight is 279 g/mol. The van der Waals surface area contributed by atoms with Crippen LogP contribution in [0.25, 0.3) is 0 Å². The number of amides is 2. The van der Waals surface area contributed by atoms with Crippen LogP contribution in [0.3, 0.4) is 0 Å². The topological polar surface area (TPSA) is 70.7 Å². The normalized spacial score (nSPS) is 10.2. The summed E-state index contributed by atoms with van der Waals surface area (Å²) in [6.45, 7) is 3.60.